The second-order valence-corrected chi connectivity index (χ2v) is 4.87. The van der Waals surface area contributed by atoms with Crippen LogP contribution in [0.3, 0.4) is 0 Å². The first-order chi connectivity index (χ1) is 6.80. The fourth-order valence-corrected chi connectivity index (χ4v) is 1.25. The van der Waals surface area contributed by atoms with Crippen LogP contribution in [0.4, 0.5) is 0 Å². The lowest BCUT2D eigenvalue weighted by atomic mass is 10.1. The van der Waals surface area contributed by atoms with Crippen LogP contribution in [0.5, 0.6) is 0 Å². The van der Waals surface area contributed by atoms with Gasteiger partial charge in [0.1, 0.15) is 0 Å². The minimum Gasteiger partial charge on any atom is -0.481 e. The molecule has 0 aliphatic carbocycles. The molecule has 0 amide bonds. The maximum Gasteiger partial charge on any atom is 0.306 e. The number of aliphatic carboxylic acids is 1. The van der Waals surface area contributed by atoms with Gasteiger partial charge in [0.15, 0.2) is 0 Å². The van der Waals surface area contributed by atoms with E-state index in [0.29, 0.717) is 6.42 Å². The highest BCUT2D eigenvalue weighted by atomic mass is 16.4. The molecule has 0 fully saturated rings. The Hall–Kier alpha value is -1.32. The number of carboxylic acid groups (broad SMARTS) is 1. The van der Waals surface area contributed by atoms with E-state index in [1.165, 1.54) is 0 Å². The number of aromatic nitrogens is 2. The van der Waals surface area contributed by atoms with E-state index in [1.807, 2.05) is 16.9 Å². The van der Waals surface area contributed by atoms with E-state index in [0.717, 1.165) is 5.69 Å². The van der Waals surface area contributed by atoms with Gasteiger partial charge in [0, 0.05) is 12.6 Å². The molecule has 1 N–H and O–H groups in total. The summed E-state index contributed by atoms with van der Waals surface area (Å²) in [5.41, 5.74) is 0.782. The number of hydrogen-bond donors (Lipinski definition) is 1. The predicted octanol–water partition coefficient (Wildman–Crippen LogP) is 1.90. The Morgan fingerprint density at radius 1 is 1.60 bits per heavy atom. The standard InChI is InChI=1S/C11H18N2O2/c1-8(10(14)15)7-9-5-6-13(12-9)11(2,3)4/h5-6,8H,7H2,1-4H3,(H,14,15). The van der Waals surface area contributed by atoms with Gasteiger partial charge in [-0.15, -0.1) is 0 Å². The van der Waals surface area contributed by atoms with Gasteiger partial charge in [-0.1, -0.05) is 6.92 Å². The number of hydrogen-bond acceptors (Lipinski definition) is 2. The van der Waals surface area contributed by atoms with Crippen LogP contribution in [0.25, 0.3) is 0 Å². The molecule has 4 heteroatoms. The SMILES string of the molecule is CC(Cc1ccn(C(C)(C)C)n1)C(=O)O. The van der Waals surface area contributed by atoms with Crippen molar-refractivity contribution in [2.75, 3.05) is 0 Å². The van der Waals surface area contributed by atoms with Gasteiger partial charge in [-0.25, -0.2) is 0 Å². The fourth-order valence-electron chi connectivity index (χ4n) is 1.25. The molecule has 1 aromatic rings. The van der Waals surface area contributed by atoms with Crippen LogP contribution < -0.4 is 0 Å². The summed E-state index contributed by atoms with van der Waals surface area (Å²) in [4.78, 5) is 10.7. The fraction of sp³-hybridized carbons (Fsp3) is 0.636. The van der Waals surface area contributed by atoms with E-state index in [2.05, 4.69) is 25.9 Å². The van der Waals surface area contributed by atoms with Crippen LogP contribution in [0.15, 0.2) is 12.3 Å². The molecule has 0 saturated carbocycles. The molecular formula is C11H18N2O2. The van der Waals surface area contributed by atoms with Gasteiger partial charge < -0.3 is 5.11 Å². The second-order valence-electron chi connectivity index (χ2n) is 4.87. The molecule has 0 spiro atoms. The lowest BCUT2D eigenvalue weighted by Gasteiger charge is -2.18. The van der Waals surface area contributed by atoms with Gasteiger partial charge in [-0.3, -0.25) is 9.48 Å². The molecule has 0 saturated heterocycles. The molecule has 1 atom stereocenters. The topological polar surface area (TPSA) is 55.1 Å². The summed E-state index contributed by atoms with van der Waals surface area (Å²) in [7, 11) is 0. The largest absolute Gasteiger partial charge is 0.481 e. The van der Waals surface area contributed by atoms with E-state index >= 15 is 0 Å². The summed E-state index contributed by atoms with van der Waals surface area (Å²) in [5, 5.41) is 13.1. The summed E-state index contributed by atoms with van der Waals surface area (Å²) < 4.78 is 1.86. The number of rotatable bonds is 3. The van der Waals surface area contributed by atoms with Crippen molar-refractivity contribution in [1.29, 1.82) is 0 Å². The van der Waals surface area contributed by atoms with Crippen LogP contribution >= 0.6 is 0 Å². The highest BCUT2D eigenvalue weighted by molar-refractivity contribution is 5.69. The Morgan fingerprint density at radius 3 is 2.60 bits per heavy atom. The molecule has 0 radical (unpaired) electrons. The molecule has 1 heterocycles. The van der Waals surface area contributed by atoms with Crippen molar-refractivity contribution in [1.82, 2.24) is 9.78 Å². The van der Waals surface area contributed by atoms with Crippen molar-refractivity contribution in [2.24, 2.45) is 5.92 Å². The lowest BCUT2D eigenvalue weighted by Crippen LogP contribution is -2.22. The van der Waals surface area contributed by atoms with Crippen LogP contribution in [0.1, 0.15) is 33.4 Å². The van der Waals surface area contributed by atoms with Crippen molar-refractivity contribution >= 4 is 5.97 Å². The molecule has 1 unspecified atom stereocenters. The maximum absolute atomic E-state index is 10.7. The molecule has 1 rings (SSSR count). The van der Waals surface area contributed by atoms with Crippen LogP contribution in [-0.4, -0.2) is 20.9 Å². The Balaban J connectivity index is 2.73. The minimum atomic E-state index is -0.777. The molecule has 0 bridgehead atoms. The second kappa shape index (κ2) is 4.04. The van der Waals surface area contributed by atoms with E-state index in [4.69, 9.17) is 5.11 Å². The minimum absolute atomic E-state index is 0.0509. The first kappa shape index (κ1) is 11.8. The predicted molar refractivity (Wildman–Crippen MR) is 57.7 cm³/mol. The molecule has 0 aromatic carbocycles. The van der Waals surface area contributed by atoms with Crippen molar-refractivity contribution in [3.05, 3.63) is 18.0 Å². The average molecular weight is 210 g/mol. The smallest absolute Gasteiger partial charge is 0.306 e. The summed E-state index contributed by atoms with van der Waals surface area (Å²) >= 11 is 0. The first-order valence-electron chi connectivity index (χ1n) is 5.08. The van der Waals surface area contributed by atoms with Crippen molar-refractivity contribution in [3.8, 4) is 0 Å². The van der Waals surface area contributed by atoms with E-state index in [-0.39, 0.29) is 11.5 Å². The number of nitrogens with zero attached hydrogens (tertiary/aromatic N) is 2. The van der Waals surface area contributed by atoms with E-state index < -0.39 is 5.97 Å². The highest BCUT2D eigenvalue weighted by Gasteiger charge is 2.17. The van der Waals surface area contributed by atoms with Crippen molar-refractivity contribution in [3.63, 3.8) is 0 Å². The van der Waals surface area contributed by atoms with Gasteiger partial charge in [-0.05, 0) is 26.8 Å². The summed E-state index contributed by atoms with van der Waals surface area (Å²) in [6.07, 6.45) is 2.38. The molecule has 15 heavy (non-hydrogen) atoms. The van der Waals surface area contributed by atoms with Crippen LogP contribution in [0, 0.1) is 5.92 Å². The van der Waals surface area contributed by atoms with Gasteiger partial charge in [0.25, 0.3) is 0 Å². The summed E-state index contributed by atoms with van der Waals surface area (Å²) in [6.45, 7) is 7.87. The zero-order chi connectivity index (χ0) is 11.6. The van der Waals surface area contributed by atoms with E-state index in [1.54, 1.807) is 6.92 Å². The normalized spacial score (nSPS) is 13.9. The maximum atomic E-state index is 10.7. The van der Waals surface area contributed by atoms with Gasteiger partial charge in [-0.2, -0.15) is 5.10 Å². The zero-order valence-electron chi connectivity index (χ0n) is 9.69. The number of carboxylic acids is 1. The third kappa shape index (κ3) is 3.08. The van der Waals surface area contributed by atoms with Crippen LogP contribution in [-0.2, 0) is 16.8 Å². The molecule has 0 aliphatic heterocycles. The summed E-state index contributed by atoms with van der Waals surface area (Å²) in [6, 6.07) is 1.88. The molecular weight excluding hydrogens is 192 g/mol. The van der Waals surface area contributed by atoms with Crippen LogP contribution in [0.2, 0.25) is 0 Å². The summed E-state index contributed by atoms with van der Waals surface area (Å²) in [5.74, 6) is -1.16. The molecule has 1 aromatic heterocycles. The monoisotopic (exact) mass is 210 g/mol. The zero-order valence-corrected chi connectivity index (χ0v) is 9.69. The molecule has 84 valence electrons. The quantitative estimate of drug-likeness (QED) is 0.829. The molecule has 4 nitrogen and oxygen atoms in total. The highest BCUT2D eigenvalue weighted by Crippen LogP contribution is 2.14. The van der Waals surface area contributed by atoms with Crippen molar-refractivity contribution < 1.29 is 9.90 Å². The first-order valence-corrected chi connectivity index (χ1v) is 5.08. The average Bonchev–Trinajstić information content (AvgIpc) is 2.51. The Kier molecular flexibility index (Phi) is 3.17. The van der Waals surface area contributed by atoms with Gasteiger partial charge in [0.2, 0.25) is 0 Å². The third-order valence-electron chi connectivity index (χ3n) is 2.27. The number of carbonyl (C=O) groups is 1. The van der Waals surface area contributed by atoms with Crippen molar-refractivity contribution in [2.45, 2.75) is 39.7 Å². The third-order valence-corrected chi connectivity index (χ3v) is 2.27. The Bertz CT molecular complexity index is 350. The van der Waals surface area contributed by atoms with E-state index in [9.17, 15) is 4.79 Å². The van der Waals surface area contributed by atoms with Gasteiger partial charge >= 0.3 is 5.97 Å². The lowest BCUT2D eigenvalue weighted by molar-refractivity contribution is -0.141. The Morgan fingerprint density at radius 2 is 2.20 bits per heavy atom. The Labute approximate surface area is 89.9 Å². The molecule has 0 aliphatic rings. The van der Waals surface area contributed by atoms with Gasteiger partial charge in [0.05, 0.1) is 17.2 Å².